The van der Waals surface area contributed by atoms with Crippen LogP contribution in [-0.4, -0.2) is 41.7 Å². The van der Waals surface area contributed by atoms with Crippen molar-refractivity contribution in [1.29, 1.82) is 0 Å². The van der Waals surface area contributed by atoms with Crippen LogP contribution in [0.4, 0.5) is 23.7 Å². The quantitative estimate of drug-likeness (QED) is 0.261. The van der Waals surface area contributed by atoms with Crippen molar-refractivity contribution >= 4 is 40.2 Å². The Morgan fingerprint density at radius 1 is 1.03 bits per heavy atom. The van der Waals surface area contributed by atoms with Crippen molar-refractivity contribution in [2.75, 3.05) is 5.32 Å². The van der Waals surface area contributed by atoms with Crippen LogP contribution in [0.15, 0.2) is 73.3 Å². The third-order valence-corrected chi connectivity index (χ3v) is 5.97. The minimum atomic E-state index is -4.90. The number of anilines is 1. The number of fused-ring (bicyclic) bond motifs is 1. The van der Waals surface area contributed by atoms with Crippen molar-refractivity contribution in [2.24, 2.45) is 0 Å². The average molecular weight is 556 g/mol. The van der Waals surface area contributed by atoms with Gasteiger partial charge in [0.25, 0.3) is 5.91 Å². The molecule has 0 aliphatic carbocycles. The van der Waals surface area contributed by atoms with E-state index in [0.717, 1.165) is 6.20 Å². The monoisotopic (exact) mass is 555 g/mol. The van der Waals surface area contributed by atoms with E-state index in [1.165, 1.54) is 41.3 Å². The van der Waals surface area contributed by atoms with Crippen molar-refractivity contribution < 1.29 is 27.9 Å². The van der Waals surface area contributed by atoms with Crippen molar-refractivity contribution in [3.63, 3.8) is 0 Å². The minimum absolute atomic E-state index is 0.0333. The highest BCUT2D eigenvalue weighted by molar-refractivity contribution is 6.32. The van der Waals surface area contributed by atoms with Crippen molar-refractivity contribution in [1.82, 2.24) is 29.9 Å². The van der Waals surface area contributed by atoms with Crippen LogP contribution >= 0.6 is 11.6 Å². The normalized spacial score (nSPS) is 11.5. The van der Waals surface area contributed by atoms with Crippen molar-refractivity contribution in [3.8, 4) is 11.4 Å². The van der Waals surface area contributed by atoms with Gasteiger partial charge >= 0.3 is 12.3 Å². The molecule has 3 heterocycles. The molecular weight excluding hydrogens is 539 g/mol. The largest absolute Gasteiger partial charge is 0.465 e. The molecule has 3 N–H and O–H groups in total. The number of nitrogens with zero attached hydrogens (tertiary/aromatic N) is 5. The number of hydrogen-bond acceptors (Lipinski definition) is 5. The molecule has 0 spiro atoms. The van der Waals surface area contributed by atoms with Gasteiger partial charge in [0.05, 0.1) is 39.9 Å². The molecule has 39 heavy (non-hydrogen) atoms. The van der Waals surface area contributed by atoms with E-state index in [-0.39, 0.29) is 22.9 Å². The van der Waals surface area contributed by atoms with E-state index < -0.39 is 29.4 Å². The summed E-state index contributed by atoms with van der Waals surface area (Å²) in [5.74, 6) is -1.03. The summed E-state index contributed by atoms with van der Waals surface area (Å²) in [5, 5.41) is 22.0. The highest BCUT2D eigenvalue weighted by atomic mass is 35.5. The second-order valence-electron chi connectivity index (χ2n) is 8.24. The zero-order valence-corrected chi connectivity index (χ0v) is 20.4. The van der Waals surface area contributed by atoms with E-state index in [2.05, 4.69) is 25.8 Å². The predicted octanol–water partition coefficient (Wildman–Crippen LogP) is 5.30. The van der Waals surface area contributed by atoms with Gasteiger partial charge in [-0.15, -0.1) is 0 Å². The Bertz CT molecular complexity index is 1710. The summed E-state index contributed by atoms with van der Waals surface area (Å²) < 4.78 is 44.7. The number of nitrogens with one attached hydrogen (secondary N) is 2. The summed E-state index contributed by atoms with van der Waals surface area (Å²) in [5.41, 5.74) is -0.194. The van der Waals surface area contributed by atoms with Gasteiger partial charge in [0.2, 0.25) is 0 Å². The number of halogens is 4. The molecule has 5 rings (SSSR count). The summed E-state index contributed by atoms with van der Waals surface area (Å²) in [6.45, 7) is 0.0333. The Hall–Kier alpha value is -4.91. The van der Waals surface area contributed by atoms with Crippen LogP contribution in [0, 0.1) is 0 Å². The number of benzene rings is 2. The van der Waals surface area contributed by atoms with Crippen LogP contribution in [0.1, 0.15) is 21.6 Å². The summed E-state index contributed by atoms with van der Waals surface area (Å²) in [7, 11) is 0. The smallest absolute Gasteiger partial charge is 0.434 e. The van der Waals surface area contributed by atoms with Crippen LogP contribution < -0.4 is 10.6 Å². The lowest BCUT2D eigenvalue weighted by molar-refractivity contribution is -0.143. The highest BCUT2D eigenvalue weighted by Crippen LogP contribution is 2.35. The second-order valence-corrected chi connectivity index (χ2v) is 8.64. The fourth-order valence-electron chi connectivity index (χ4n) is 3.97. The number of alkyl halides is 3. The average Bonchev–Trinajstić information content (AvgIpc) is 3.55. The topological polar surface area (TPSA) is 127 Å². The maximum Gasteiger partial charge on any atom is 0.434 e. The van der Waals surface area contributed by atoms with Gasteiger partial charge in [-0.1, -0.05) is 17.7 Å². The third kappa shape index (κ3) is 5.25. The Labute approximate surface area is 222 Å². The number of rotatable bonds is 6. The highest BCUT2D eigenvalue weighted by Gasteiger charge is 2.41. The number of hydrogen-bond donors (Lipinski definition) is 3. The molecule has 14 heteroatoms. The number of carboxylic acid groups (broad SMARTS) is 1. The molecule has 10 nitrogen and oxygen atoms in total. The summed E-state index contributed by atoms with van der Waals surface area (Å²) in [6.07, 6.45) is -0.694. The Morgan fingerprint density at radius 3 is 2.59 bits per heavy atom. The zero-order valence-electron chi connectivity index (χ0n) is 19.6. The molecular formula is C25H17ClF3N7O3. The molecule has 0 radical (unpaired) electrons. The Kier molecular flexibility index (Phi) is 6.66. The van der Waals surface area contributed by atoms with E-state index in [9.17, 15) is 22.8 Å². The van der Waals surface area contributed by atoms with Crippen LogP contribution in [0.25, 0.3) is 22.3 Å². The minimum Gasteiger partial charge on any atom is -0.465 e. The first-order valence-corrected chi connectivity index (χ1v) is 11.6. The first kappa shape index (κ1) is 25.7. The predicted molar refractivity (Wildman–Crippen MR) is 135 cm³/mol. The lowest BCUT2D eigenvalue weighted by atomic mass is 10.1. The van der Waals surface area contributed by atoms with Crippen LogP contribution in [-0.2, 0) is 12.7 Å². The molecule has 0 saturated carbocycles. The van der Waals surface area contributed by atoms with Crippen LogP contribution in [0.2, 0.25) is 5.02 Å². The SMILES string of the molecule is O=C(O)NCc1cnn(-c2ccc(NC(=O)c3cnn(-c4cccc5ncccc45)c3C(F)(F)F)cc2Cl)c1. The number of amides is 2. The number of aromatic nitrogens is 5. The van der Waals surface area contributed by atoms with Gasteiger partial charge in [0.15, 0.2) is 5.69 Å². The van der Waals surface area contributed by atoms with E-state index in [4.69, 9.17) is 16.7 Å². The lowest BCUT2D eigenvalue weighted by Crippen LogP contribution is -2.21. The fourth-order valence-corrected chi connectivity index (χ4v) is 4.24. The number of carbonyl (C=O) groups excluding carboxylic acids is 1. The van der Waals surface area contributed by atoms with E-state index in [1.54, 1.807) is 30.5 Å². The molecule has 0 aliphatic rings. The molecule has 2 amide bonds. The van der Waals surface area contributed by atoms with Gasteiger partial charge < -0.3 is 15.7 Å². The van der Waals surface area contributed by atoms with Crippen molar-refractivity contribution in [3.05, 3.63) is 95.2 Å². The maximum absolute atomic E-state index is 14.2. The van der Waals surface area contributed by atoms with Gasteiger partial charge in [0, 0.05) is 35.6 Å². The molecule has 198 valence electrons. The Balaban J connectivity index is 1.43. The second kappa shape index (κ2) is 10.1. The maximum atomic E-state index is 14.2. The number of pyridine rings is 1. The van der Waals surface area contributed by atoms with Gasteiger partial charge in [-0.05, 0) is 42.5 Å². The van der Waals surface area contributed by atoms with E-state index >= 15 is 0 Å². The number of carbonyl (C=O) groups is 2. The van der Waals surface area contributed by atoms with Crippen LogP contribution in [0.3, 0.4) is 0 Å². The first-order chi connectivity index (χ1) is 18.6. The standard InChI is InChI=1S/C25H17ClF3N7O3/c26-18-9-15(6-7-21(18)35-13-14(11-32-35)10-31-24(38)39)34-23(37)17-12-33-36(22(17)25(27,28)29)20-5-1-4-19-16(20)3-2-8-30-19/h1-9,11-13,31H,10H2,(H,34,37)(H,38,39). The lowest BCUT2D eigenvalue weighted by Gasteiger charge is -2.14. The molecule has 0 aliphatic heterocycles. The van der Waals surface area contributed by atoms with Gasteiger partial charge in [-0.3, -0.25) is 9.78 Å². The van der Waals surface area contributed by atoms with E-state index in [0.29, 0.717) is 26.8 Å². The summed E-state index contributed by atoms with van der Waals surface area (Å²) in [6, 6.07) is 12.2. The molecule has 0 saturated heterocycles. The zero-order chi connectivity index (χ0) is 27.7. The molecule has 5 aromatic rings. The molecule has 3 aromatic heterocycles. The molecule has 0 unspecified atom stereocenters. The van der Waals surface area contributed by atoms with Gasteiger partial charge in [0.1, 0.15) is 0 Å². The summed E-state index contributed by atoms with van der Waals surface area (Å²) >= 11 is 6.35. The van der Waals surface area contributed by atoms with E-state index in [1.807, 2.05) is 0 Å². The molecule has 0 fully saturated rings. The van der Waals surface area contributed by atoms with Gasteiger partial charge in [-0.2, -0.15) is 23.4 Å². The fraction of sp³-hybridized carbons (Fsp3) is 0.0800. The van der Waals surface area contributed by atoms with Crippen molar-refractivity contribution in [2.45, 2.75) is 12.7 Å². The molecule has 2 aromatic carbocycles. The van der Waals surface area contributed by atoms with Crippen LogP contribution in [0.5, 0.6) is 0 Å². The molecule has 0 atom stereocenters. The molecule has 0 bridgehead atoms. The Morgan fingerprint density at radius 2 is 1.85 bits per heavy atom. The summed E-state index contributed by atoms with van der Waals surface area (Å²) in [4.78, 5) is 27.8. The van der Waals surface area contributed by atoms with Gasteiger partial charge in [-0.25, -0.2) is 14.2 Å². The third-order valence-electron chi connectivity index (χ3n) is 5.67. The first-order valence-electron chi connectivity index (χ1n) is 11.2.